The Morgan fingerprint density at radius 1 is 1.42 bits per heavy atom. The van der Waals surface area contributed by atoms with Crippen LogP contribution >= 0.6 is 15.9 Å². The Kier molecular flexibility index (Phi) is 5.82. The van der Waals surface area contributed by atoms with Crippen LogP contribution in [0, 0.1) is 12.7 Å². The van der Waals surface area contributed by atoms with Gasteiger partial charge in [-0.1, -0.05) is 19.6 Å². The molecule has 1 aromatic carbocycles. The summed E-state index contributed by atoms with van der Waals surface area (Å²) in [6.45, 7) is 9.25. The van der Waals surface area contributed by atoms with Crippen LogP contribution < -0.4 is 0 Å². The number of benzene rings is 1. The van der Waals surface area contributed by atoms with Gasteiger partial charge in [0.05, 0.1) is 11.6 Å². The maximum absolute atomic E-state index is 14.6. The first-order valence-corrected chi connectivity index (χ1v) is 12.2. The summed E-state index contributed by atoms with van der Waals surface area (Å²) in [7, 11) is 0.0733. The summed E-state index contributed by atoms with van der Waals surface area (Å²) in [5, 5.41) is 4.68. The van der Waals surface area contributed by atoms with Gasteiger partial charge in [0.1, 0.15) is 12.2 Å². The van der Waals surface area contributed by atoms with Gasteiger partial charge in [-0.3, -0.25) is 0 Å². The van der Waals surface area contributed by atoms with Crippen molar-refractivity contribution in [3.63, 3.8) is 0 Å². The van der Waals surface area contributed by atoms with Crippen molar-refractivity contribution in [2.45, 2.75) is 39.3 Å². The zero-order valence-corrected chi connectivity index (χ0v) is 17.2. The lowest BCUT2D eigenvalue weighted by Crippen LogP contribution is -2.22. The predicted molar refractivity (Wildman–Crippen MR) is 97.6 cm³/mol. The van der Waals surface area contributed by atoms with Gasteiger partial charge in [-0.15, -0.1) is 0 Å². The standard InChI is InChI=1S/C16H22BrFN2O3Si/c1-10-8-11(17)13(18)15-12(10)14(16(21)22-2)19-20(15)9-23-6-7-24(3,4)5/h8H,6-7,9H2,1-5H3. The van der Waals surface area contributed by atoms with Gasteiger partial charge in [0.15, 0.2) is 11.5 Å². The molecule has 0 aliphatic carbocycles. The van der Waals surface area contributed by atoms with Crippen molar-refractivity contribution in [1.29, 1.82) is 0 Å². The van der Waals surface area contributed by atoms with Crippen molar-refractivity contribution in [3.8, 4) is 0 Å². The second-order valence-electron chi connectivity index (χ2n) is 6.90. The van der Waals surface area contributed by atoms with Gasteiger partial charge < -0.3 is 9.47 Å². The summed E-state index contributed by atoms with van der Waals surface area (Å²) in [5.74, 6) is -1.06. The van der Waals surface area contributed by atoms with Crippen molar-refractivity contribution in [1.82, 2.24) is 9.78 Å². The average Bonchev–Trinajstić information content (AvgIpc) is 2.87. The number of rotatable bonds is 6. The number of ether oxygens (including phenoxy) is 2. The number of nitrogens with zero attached hydrogens (tertiary/aromatic N) is 2. The Bertz CT molecular complexity index is 771. The van der Waals surface area contributed by atoms with Gasteiger partial charge >= 0.3 is 5.97 Å². The molecule has 8 heteroatoms. The zero-order chi connectivity index (χ0) is 18.1. The van der Waals surface area contributed by atoms with E-state index >= 15 is 0 Å². The number of carbonyl (C=O) groups is 1. The van der Waals surface area contributed by atoms with Crippen molar-refractivity contribution in [3.05, 3.63) is 27.6 Å². The molecule has 1 aromatic heterocycles. The molecule has 0 aliphatic rings. The Morgan fingerprint density at radius 3 is 2.67 bits per heavy atom. The lowest BCUT2D eigenvalue weighted by atomic mass is 10.1. The molecule has 0 N–H and O–H groups in total. The molecular formula is C16H22BrFN2O3Si. The molecule has 0 unspecified atom stereocenters. The van der Waals surface area contributed by atoms with Crippen LogP contribution in [0.2, 0.25) is 25.7 Å². The Morgan fingerprint density at radius 2 is 2.08 bits per heavy atom. The second kappa shape index (κ2) is 7.33. The number of hydrogen-bond donors (Lipinski definition) is 0. The fourth-order valence-electron chi connectivity index (χ4n) is 2.36. The van der Waals surface area contributed by atoms with Gasteiger partial charge in [-0.05, 0) is 40.5 Å². The molecular weight excluding hydrogens is 395 g/mol. The van der Waals surface area contributed by atoms with E-state index < -0.39 is 19.9 Å². The van der Waals surface area contributed by atoms with Crippen LogP contribution in [-0.2, 0) is 16.2 Å². The molecule has 2 rings (SSSR count). The summed E-state index contributed by atoms with van der Waals surface area (Å²) in [5.41, 5.74) is 1.09. The number of halogens is 2. The third-order valence-corrected chi connectivity index (χ3v) is 5.98. The van der Waals surface area contributed by atoms with Gasteiger partial charge in [-0.2, -0.15) is 5.10 Å². The van der Waals surface area contributed by atoms with E-state index in [0.717, 1.165) is 11.6 Å². The number of carbonyl (C=O) groups excluding carboxylic acids is 1. The van der Waals surface area contributed by atoms with Crippen LogP contribution in [0.25, 0.3) is 10.9 Å². The quantitative estimate of drug-likeness (QED) is 0.399. The largest absolute Gasteiger partial charge is 0.464 e. The predicted octanol–water partition coefficient (Wildman–Crippen LogP) is 4.35. The van der Waals surface area contributed by atoms with Crippen LogP contribution in [-0.4, -0.2) is 37.5 Å². The average molecular weight is 417 g/mol. The summed E-state index contributed by atoms with van der Waals surface area (Å²) < 4.78 is 26.8. The summed E-state index contributed by atoms with van der Waals surface area (Å²) in [4.78, 5) is 12.0. The fraction of sp³-hybridized carbons (Fsp3) is 0.500. The highest BCUT2D eigenvalue weighted by atomic mass is 79.9. The molecule has 1 heterocycles. The number of fused-ring (bicyclic) bond motifs is 1. The van der Waals surface area contributed by atoms with Crippen molar-refractivity contribution < 1.29 is 18.7 Å². The minimum absolute atomic E-state index is 0.0881. The number of methoxy groups -OCH3 is 1. The monoisotopic (exact) mass is 416 g/mol. The number of hydrogen-bond acceptors (Lipinski definition) is 4. The highest BCUT2D eigenvalue weighted by Crippen LogP contribution is 2.31. The number of aromatic nitrogens is 2. The minimum Gasteiger partial charge on any atom is -0.464 e. The smallest absolute Gasteiger partial charge is 0.359 e. The Labute approximate surface area is 150 Å². The topological polar surface area (TPSA) is 53.3 Å². The van der Waals surface area contributed by atoms with Crippen LogP contribution in [0.3, 0.4) is 0 Å². The lowest BCUT2D eigenvalue weighted by molar-refractivity contribution is 0.0585. The molecule has 2 aromatic rings. The first-order valence-electron chi connectivity index (χ1n) is 7.67. The van der Waals surface area contributed by atoms with E-state index in [-0.39, 0.29) is 17.9 Å². The van der Waals surface area contributed by atoms with E-state index in [1.807, 2.05) is 0 Å². The minimum atomic E-state index is -1.21. The molecule has 0 aliphatic heterocycles. The summed E-state index contributed by atoms with van der Waals surface area (Å²) >= 11 is 3.21. The van der Waals surface area contributed by atoms with Crippen molar-refractivity contribution in [2.75, 3.05) is 13.7 Å². The molecule has 0 saturated carbocycles. The molecule has 0 fully saturated rings. The van der Waals surface area contributed by atoms with E-state index in [0.29, 0.717) is 16.5 Å². The van der Waals surface area contributed by atoms with Gasteiger partial charge in [0.2, 0.25) is 0 Å². The molecule has 24 heavy (non-hydrogen) atoms. The number of esters is 1. The zero-order valence-electron chi connectivity index (χ0n) is 14.6. The number of aryl methyl sites for hydroxylation is 1. The SMILES string of the molecule is COC(=O)c1nn(COCC[Si](C)(C)C)c2c(F)c(Br)cc(C)c12. The van der Waals surface area contributed by atoms with Crippen molar-refractivity contribution in [2.24, 2.45) is 0 Å². The van der Waals surface area contributed by atoms with Gasteiger partial charge in [-0.25, -0.2) is 13.9 Å². The second-order valence-corrected chi connectivity index (χ2v) is 13.4. The molecule has 0 spiro atoms. The Hall–Kier alpha value is -1.25. The summed E-state index contributed by atoms with van der Waals surface area (Å²) in [6, 6.07) is 2.63. The van der Waals surface area contributed by atoms with Crippen LogP contribution in [0.15, 0.2) is 10.5 Å². The van der Waals surface area contributed by atoms with E-state index in [4.69, 9.17) is 9.47 Å². The highest BCUT2D eigenvalue weighted by molar-refractivity contribution is 9.10. The third-order valence-electron chi connectivity index (χ3n) is 3.70. The summed E-state index contributed by atoms with van der Waals surface area (Å²) in [6.07, 6.45) is 0. The normalized spacial score (nSPS) is 12.0. The molecule has 0 saturated heterocycles. The maximum atomic E-state index is 14.6. The van der Waals surface area contributed by atoms with Gasteiger partial charge in [0.25, 0.3) is 0 Å². The fourth-order valence-corrected chi connectivity index (χ4v) is 3.65. The lowest BCUT2D eigenvalue weighted by Gasteiger charge is -2.15. The first kappa shape index (κ1) is 19.1. The molecule has 5 nitrogen and oxygen atoms in total. The molecule has 0 radical (unpaired) electrons. The van der Waals surface area contributed by atoms with Crippen molar-refractivity contribution >= 4 is 40.9 Å². The molecule has 132 valence electrons. The van der Waals surface area contributed by atoms with Crippen LogP contribution in [0.4, 0.5) is 4.39 Å². The molecule has 0 amide bonds. The van der Waals surface area contributed by atoms with E-state index in [1.54, 1.807) is 13.0 Å². The molecule has 0 bridgehead atoms. The van der Waals surface area contributed by atoms with Gasteiger partial charge in [0, 0.05) is 20.1 Å². The van der Waals surface area contributed by atoms with Crippen LogP contribution in [0.5, 0.6) is 0 Å². The Balaban J connectivity index is 2.40. The first-order chi connectivity index (χ1) is 11.2. The molecule has 0 atom stereocenters. The highest BCUT2D eigenvalue weighted by Gasteiger charge is 2.24. The van der Waals surface area contributed by atoms with E-state index in [2.05, 4.69) is 40.7 Å². The van der Waals surface area contributed by atoms with E-state index in [9.17, 15) is 9.18 Å². The maximum Gasteiger partial charge on any atom is 0.359 e. The van der Waals surface area contributed by atoms with E-state index in [1.165, 1.54) is 11.8 Å². The van der Waals surface area contributed by atoms with Crippen LogP contribution in [0.1, 0.15) is 16.1 Å². The third kappa shape index (κ3) is 4.04.